The summed E-state index contributed by atoms with van der Waals surface area (Å²) in [5.41, 5.74) is 5.32. The first-order valence-electron chi connectivity index (χ1n) is 12.2. The molecule has 2 aromatic carbocycles. The molecule has 2 amide bonds. The SMILES string of the molecule is O=C(NNC(=O)C12CC3CC(CC(C3)C1)C2)[C@H](Cc1ccccc1)NS(=O)(=O)c1ccccc1F. The van der Waals surface area contributed by atoms with Crippen LogP contribution in [-0.2, 0) is 26.0 Å². The number of carbonyl (C=O) groups excluding carboxylic acids is 2. The molecule has 0 unspecified atom stereocenters. The van der Waals surface area contributed by atoms with Gasteiger partial charge in [0.15, 0.2) is 0 Å². The molecule has 9 heteroatoms. The number of halogens is 1. The summed E-state index contributed by atoms with van der Waals surface area (Å²) in [7, 11) is -4.33. The van der Waals surface area contributed by atoms with Gasteiger partial charge in [-0.15, -0.1) is 0 Å². The second-order valence-electron chi connectivity index (χ2n) is 10.4. The number of sulfonamides is 1. The molecule has 2 aromatic rings. The van der Waals surface area contributed by atoms with E-state index < -0.39 is 38.1 Å². The fraction of sp³-hybridized carbons (Fsp3) is 0.462. The summed E-state index contributed by atoms with van der Waals surface area (Å²) in [6.45, 7) is 0. The predicted molar refractivity (Wildman–Crippen MR) is 128 cm³/mol. The molecule has 4 aliphatic rings. The average Bonchev–Trinajstić information content (AvgIpc) is 2.81. The van der Waals surface area contributed by atoms with Crippen LogP contribution in [0.25, 0.3) is 0 Å². The van der Waals surface area contributed by atoms with E-state index in [1.165, 1.54) is 31.4 Å². The number of hydrazine groups is 1. The smallest absolute Gasteiger partial charge is 0.256 e. The van der Waals surface area contributed by atoms with Gasteiger partial charge in [0, 0.05) is 0 Å². The predicted octanol–water partition coefficient (Wildman–Crippen LogP) is 3.08. The molecule has 0 aromatic heterocycles. The standard InChI is InChI=1S/C26H30FN3O4S/c27-21-8-4-5-9-23(21)35(33,34)30-22(13-17-6-2-1-3-7-17)24(31)28-29-25(32)26-14-18-10-19(15-26)12-20(11-18)16-26/h1-9,18-20,22,30H,10-16H2,(H,28,31)(H,29,32)/t18?,19?,20?,22-,26?/m0/s1. The summed E-state index contributed by atoms with van der Waals surface area (Å²) in [5.74, 6) is -0.0930. The van der Waals surface area contributed by atoms with Crippen LogP contribution in [0.2, 0.25) is 0 Å². The number of carbonyl (C=O) groups is 2. The van der Waals surface area contributed by atoms with Gasteiger partial charge in [0.25, 0.3) is 5.91 Å². The van der Waals surface area contributed by atoms with Crippen molar-refractivity contribution in [1.82, 2.24) is 15.6 Å². The number of hydrogen-bond donors (Lipinski definition) is 3. The fourth-order valence-corrected chi connectivity index (χ4v) is 7.95. The van der Waals surface area contributed by atoms with E-state index in [0.717, 1.165) is 37.0 Å². The summed E-state index contributed by atoms with van der Waals surface area (Å²) in [4.78, 5) is 25.8. The first kappa shape index (κ1) is 23.9. The van der Waals surface area contributed by atoms with E-state index in [1.54, 1.807) is 24.3 Å². The van der Waals surface area contributed by atoms with E-state index in [2.05, 4.69) is 15.6 Å². The average molecular weight is 500 g/mol. The maximum absolute atomic E-state index is 14.2. The minimum Gasteiger partial charge on any atom is -0.273 e. The summed E-state index contributed by atoms with van der Waals surface area (Å²) in [6.07, 6.45) is 6.13. The molecular weight excluding hydrogens is 469 g/mol. The fourth-order valence-electron chi connectivity index (χ4n) is 6.68. The van der Waals surface area contributed by atoms with Gasteiger partial charge in [-0.1, -0.05) is 42.5 Å². The maximum atomic E-state index is 14.2. The summed E-state index contributed by atoms with van der Waals surface area (Å²) in [6, 6.07) is 12.7. The molecule has 0 aliphatic heterocycles. The van der Waals surface area contributed by atoms with E-state index in [4.69, 9.17) is 0 Å². The molecule has 7 nitrogen and oxygen atoms in total. The number of amides is 2. The molecule has 4 saturated carbocycles. The van der Waals surface area contributed by atoms with Gasteiger partial charge in [-0.3, -0.25) is 20.4 Å². The molecule has 6 rings (SSSR count). The lowest BCUT2D eigenvalue weighted by Crippen LogP contribution is -2.59. The molecule has 0 radical (unpaired) electrons. The van der Waals surface area contributed by atoms with Gasteiger partial charge in [-0.2, -0.15) is 4.72 Å². The lowest BCUT2D eigenvalue weighted by Gasteiger charge is -2.55. The monoisotopic (exact) mass is 499 g/mol. The maximum Gasteiger partial charge on any atom is 0.256 e. The van der Waals surface area contributed by atoms with E-state index in [-0.39, 0.29) is 12.3 Å². The Labute approximate surface area is 204 Å². The van der Waals surface area contributed by atoms with E-state index >= 15 is 0 Å². The van der Waals surface area contributed by atoms with Gasteiger partial charge in [-0.05, 0) is 80.4 Å². The molecule has 0 saturated heterocycles. The van der Waals surface area contributed by atoms with Crippen LogP contribution < -0.4 is 15.6 Å². The Balaban J connectivity index is 1.30. The van der Waals surface area contributed by atoms with Crippen LogP contribution >= 0.6 is 0 Å². The third-order valence-electron chi connectivity index (χ3n) is 7.84. The van der Waals surface area contributed by atoms with Crippen LogP contribution in [0.5, 0.6) is 0 Å². The van der Waals surface area contributed by atoms with Crippen molar-refractivity contribution in [2.75, 3.05) is 0 Å². The molecular formula is C26H30FN3O4S. The second kappa shape index (κ2) is 9.35. The zero-order valence-corrected chi connectivity index (χ0v) is 20.2. The zero-order valence-electron chi connectivity index (χ0n) is 19.4. The van der Waals surface area contributed by atoms with Gasteiger partial charge < -0.3 is 0 Å². The topological polar surface area (TPSA) is 104 Å². The van der Waals surface area contributed by atoms with Crippen LogP contribution in [0, 0.1) is 29.0 Å². The summed E-state index contributed by atoms with van der Waals surface area (Å²) < 4.78 is 42.3. The van der Waals surface area contributed by atoms with Gasteiger partial charge >= 0.3 is 0 Å². The lowest BCUT2D eigenvalue weighted by atomic mass is 9.49. The number of nitrogens with one attached hydrogen (secondary N) is 3. The van der Waals surface area contributed by atoms with Crippen molar-refractivity contribution < 1.29 is 22.4 Å². The van der Waals surface area contributed by atoms with E-state index in [0.29, 0.717) is 17.8 Å². The molecule has 35 heavy (non-hydrogen) atoms. The number of hydrogen-bond acceptors (Lipinski definition) is 4. The highest BCUT2D eigenvalue weighted by Gasteiger charge is 2.54. The normalized spacial score (nSPS) is 27.9. The highest BCUT2D eigenvalue weighted by atomic mass is 32.2. The van der Waals surface area contributed by atoms with Crippen LogP contribution in [0.4, 0.5) is 4.39 Å². The molecule has 186 valence electrons. The molecule has 0 spiro atoms. The zero-order chi connectivity index (χ0) is 24.6. The molecule has 4 fully saturated rings. The van der Waals surface area contributed by atoms with Gasteiger partial charge in [0.1, 0.15) is 16.8 Å². The van der Waals surface area contributed by atoms with Gasteiger partial charge in [0.05, 0.1) is 5.41 Å². The first-order valence-corrected chi connectivity index (χ1v) is 13.6. The molecule has 4 bridgehead atoms. The first-order chi connectivity index (χ1) is 16.7. The highest BCUT2D eigenvalue weighted by molar-refractivity contribution is 7.89. The molecule has 3 N–H and O–H groups in total. The van der Waals surface area contributed by atoms with Crippen molar-refractivity contribution in [3.8, 4) is 0 Å². The molecule has 4 aliphatic carbocycles. The molecule has 1 atom stereocenters. The third kappa shape index (κ3) is 4.97. The van der Waals surface area contributed by atoms with Crippen LogP contribution in [0.15, 0.2) is 59.5 Å². The minimum absolute atomic E-state index is 0.0353. The highest BCUT2D eigenvalue weighted by Crippen LogP contribution is 2.60. The Morgan fingerprint density at radius 3 is 2.06 bits per heavy atom. The van der Waals surface area contributed by atoms with Crippen molar-refractivity contribution in [3.63, 3.8) is 0 Å². The second-order valence-corrected chi connectivity index (χ2v) is 12.1. The summed E-state index contributed by atoms with van der Waals surface area (Å²) >= 11 is 0. The van der Waals surface area contributed by atoms with Crippen molar-refractivity contribution in [1.29, 1.82) is 0 Å². The Hall–Kier alpha value is -2.78. The van der Waals surface area contributed by atoms with Crippen LogP contribution in [0.1, 0.15) is 44.1 Å². The van der Waals surface area contributed by atoms with Crippen molar-refractivity contribution in [2.24, 2.45) is 23.2 Å². The van der Waals surface area contributed by atoms with Crippen molar-refractivity contribution in [2.45, 2.75) is 55.9 Å². The van der Waals surface area contributed by atoms with E-state index in [9.17, 15) is 22.4 Å². The van der Waals surface area contributed by atoms with Crippen LogP contribution in [0.3, 0.4) is 0 Å². The van der Waals surface area contributed by atoms with Gasteiger partial charge in [0.2, 0.25) is 15.9 Å². The Kier molecular flexibility index (Phi) is 6.40. The Bertz CT molecular complexity index is 1180. The third-order valence-corrected chi connectivity index (χ3v) is 9.35. The van der Waals surface area contributed by atoms with Crippen LogP contribution in [-0.4, -0.2) is 26.3 Å². The quantitative estimate of drug-likeness (QED) is 0.509. The van der Waals surface area contributed by atoms with Crippen molar-refractivity contribution >= 4 is 21.8 Å². The Morgan fingerprint density at radius 1 is 0.886 bits per heavy atom. The Morgan fingerprint density at radius 2 is 1.46 bits per heavy atom. The number of benzene rings is 2. The summed E-state index contributed by atoms with van der Waals surface area (Å²) in [5, 5.41) is 0. The molecule has 0 heterocycles. The lowest BCUT2D eigenvalue weighted by molar-refractivity contribution is -0.149. The van der Waals surface area contributed by atoms with Crippen molar-refractivity contribution in [3.05, 3.63) is 66.0 Å². The largest absolute Gasteiger partial charge is 0.273 e. The van der Waals surface area contributed by atoms with Gasteiger partial charge in [-0.25, -0.2) is 12.8 Å². The van der Waals surface area contributed by atoms with E-state index in [1.807, 2.05) is 6.07 Å². The minimum atomic E-state index is -4.33. The number of rotatable bonds is 7.